The monoisotopic (exact) mass is 727 g/mol. The zero-order chi connectivity index (χ0) is 38.1. The second-order valence-corrected chi connectivity index (χ2v) is 13.5. The van der Waals surface area contributed by atoms with Gasteiger partial charge in [-0.15, -0.1) is 0 Å². The first-order chi connectivity index (χ1) is 26.0. The Hall–Kier alpha value is -4.39. The molecule has 1 heterocycles. The zero-order valence-corrected chi connectivity index (χ0v) is 32.8. The molecule has 0 spiro atoms. The second kappa shape index (κ2) is 25.6. The molecule has 53 heavy (non-hydrogen) atoms. The molecule has 0 radical (unpaired) electrons. The number of rotatable bonds is 31. The molecular weight excluding hydrogens is 663 g/mol. The highest BCUT2D eigenvalue weighted by Gasteiger charge is 2.24. The SMILES string of the molecule is C=CCOc1cc(OCC=C)c2c(=O)c(OCC=C)c(-c3ccc(OCC=C)c(OC)c3)n(CCCCCCCCCCCCCCCCCC)c2c1. The molecule has 0 aliphatic heterocycles. The quantitative estimate of drug-likeness (QED) is 0.0485. The van der Waals surface area contributed by atoms with Crippen molar-refractivity contribution in [3.05, 3.63) is 91.2 Å². The minimum atomic E-state index is -0.277. The number of hydrogen-bond donors (Lipinski definition) is 0. The highest BCUT2D eigenvalue weighted by molar-refractivity contribution is 5.92. The molecule has 3 rings (SSSR count). The van der Waals surface area contributed by atoms with Gasteiger partial charge >= 0.3 is 0 Å². The van der Waals surface area contributed by atoms with Gasteiger partial charge in [0.2, 0.25) is 5.43 Å². The van der Waals surface area contributed by atoms with Crippen molar-refractivity contribution in [1.29, 1.82) is 0 Å². The second-order valence-electron chi connectivity index (χ2n) is 13.5. The van der Waals surface area contributed by atoms with Gasteiger partial charge in [-0.05, 0) is 24.6 Å². The molecule has 3 aromatic rings. The van der Waals surface area contributed by atoms with Crippen LogP contribution in [-0.4, -0.2) is 38.1 Å². The summed E-state index contributed by atoms with van der Waals surface area (Å²) in [5, 5.41) is 0.426. The van der Waals surface area contributed by atoms with Gasteiger partial charge in [-0.2, -0.15) is 0 Å². The predicted octanol–water partition coefficient (Wildman–Crippen LogP) is 12.2. The van der Waals surface area contributed by atoms with Crippen LogP contribution in [-0.2, 0) is 6.54 Å². The van der Waals surface area contributed by atoms with E-state index in [1.54, 1.807) is 37.5 Å². The average Bonchev–Trinajstić information content (AvgIpc) is 3.18. The molecule has 0 aliphatic carbocycles. The summed E-state index contributed by atoms with van der Waals surface area (Å²) in [6, 6.07) is 9.33. The first kappa shape index (κ1) is 43.0. The maximum atomic E-state index is 14.5. The van der Waals surface area contributed by atoms with E-state index >= 15 is 0 Å². The third kappa shape index (κ3) is 13.8. The van der Waals surface area contributed by atoms with Crippen LogP contribution < -0.4 is 29.1 Å². The molecule has 0 unspecified atom stereocenters. The number of fused-ring (bicyclic) bond motifs is 1. The predicted molar refractivity (Wildman–Crippen MR) is 223 cm³/mol. The van der Waals surface area contributed by atoms with Crippen molar-refractivity contribution in [2.24, 2.45) is 0 Å². The van der Waals surface area contributed by atoms with Crippen molar-refractivity contribution in [3.8, 4) is 40.0 Å². The number of unbranched alkanes of at least 4 members (excludes halogenated alkanes) is 15. The molecule has 0 amide bonds. The number of benzene rings is 2. The van der Waals surface area contributed by atoms with Crippen molar-refractivity contribution >= 4 is 10.9 Å². The van der Waals surface area contributed by atoms with E-state index in [-0.39, 0.29) is 24.4 Å². The standard InChI is InChI=1S/C46H65NO6/c1-7-12-13-14-15-16-17-18-19-20-21-22-23-24-25-26-29-47-39-35-38(50-30-8-2)36-42(52-32-10-4)43(39)45(48)46(53-33-11-5)44(47)37-27-28-40(51-31-9-3)41(34-37)49-6/h8-11,27-28,34-36H,2-5,7,12-26,29-33H2,1,6H3. The molecule has 0 aliphatic rings. The molecule has 0 atom stereocenters. The van der Waals surface area contributed by atoms with Crippen LogP contribution >= 0.6 is 0 Å². The molecule has 0 fully saturated rings. The fourth-order valence-corrected chi connectivity index (χ4v) is 6.68. The normalized spacial score (nSPS) is 10.9. The molecule has 290 valence electrons. The van der Waals surface area contributed by atoms with Gasteiger partial charge in [-0.1, -0.05) is 154 Å². The van der Waals surface area contributed by atoms with Crippen LogP contribution in [0, 0.1) is 0 Å². The van der Waals surface area contributed by atoms with Crippen molar-refractivity contribution in [2.75, 3.05) is 33.5 Å². The minimum absolute atomic E-state index is 0.161. The van der Waals surface area contributed by atoms with Crippen LogP contribution in [0.3, 0.4) is 0 Å². The number of aryl methyl sites for hydroxylation is 1. The molecule has 7 nitrogen and oxygen atoms in total. The third-order valence-corrected chi connectivity index (χ3v) is 9.36. The molecule has 0 saturated carbocycles. The molecule has 2 aromatic carbocycles. The highest BCUT2D eigenvalue weighted by Crippen LogP contribution is 2.40. The van der Waals surface area contributed by atoms with E-state index < -0.39 is 0 Å². The number of ether oxygens (including phenoxy) is 5. The highest BCUT2D eigenvalue weighted by atomic mass is 16.5. The van der Waals surface area contributed by atoms with E-state index in [0.717, 1.165) is 24.8 Å². The van der Waals surface area contributed by atoms with Gasteiger partial charge in [0.1, 0.15) is 37.9 Å². The van der Waals surface area contributed by atoms with Crippen LogP contribution in [0.4, 0.5) is 0 Å². The summed E-state index contributed by atoms with van der Waals surface area (Å²) in [4.78, 5) is 14.5. The third-order valence-electron chi connectivity index (χ3n) is 9.36. The van der Waals surface area contributed by atoms with Gasteiger partial charge in [-0.25, -0.2) is 0 Å². The van der Waals surface area contributed by atoms with Gasteiger partial charge in [0.05, 0.1) is 23.7 Å². The zero-order valence-electron chi connectivity index (χ0n) is 32.8. The Bertz CT molecular complexity index is 1620. The van der Waals surface area contributed by atoms with E-state index in [4.69, 9.17) is 23.7 Å². The number of nitrogens with zero attached hydrogens (tertiary/aromatic N) is 1. The van der Waals surface area contributed by atoms with Crippen LogP contribution in [0.15, 0.2) is 85.7 Å². The summed E-state index contributed by atoms with van der Waals surface area (Å²) in [6.07, 6.45) is 27.4. The average molecular weight is 728 g/mol. The first-order valence-electron chi connectivity index (χ1n) is 19.9. The topological polar surface area (TPSA) is 68.2 Å². The van der Waals surface area contributed by atoms with Crippen LogP contribution in [0.1, 0.15) is 110 Å². The summed E-state index contributed by atoms with van der Waals surface area (Å²) in [5.74, 6) is 2.33. The summed E-state index contributed by atoms with van der Waals surface area (Å²) in [5.41, 5.74) is 1.83. The summed E-state index contributed by atoms with van der Waals surface area (Å²) < 4.78 is 32.1. The van der Waals surface area contributed by atoms with Crippen molar-refractivity contribution in [2.45, 2.75) is 116 Å². The van der Waals surface area contributed by atoms with Gasteiger partial charge in [0.15, 0.2) is 17.2 Å². The van der Waals surface area contributed by atoms with Gasteiger partial charge in [-0.3, -0.25) is 4.79 Å². The van der Waals surface area contributed by atoms with Crippen molar-refractivity contribution < 1.29 is 23.7 Å². The van der Waals surface area contributed by atoms with Crippen LogP contribution in [0.5, 0.6) is 28.7 Å². The Balaban J connectivity index is 1.88. The van der Waals surface area contributed by atoms with E-state index in [1.807, 2.05) is 24.3 Å². The van der Waals surface area contributed by atoms with E-state index in [2.05, 4.69) is 37.8 Å². The van der Waals surface area contributed by atoms with Crippen LogP contribution in [0.2, 0.25) is 0 Å². The smallest absolute Gasteiger partial charge is 0.235 e. The molecule has 0 N–H and O–H groups in total. The minimum Gasteiger partial charge on any atom is -0.493 e. The molecule has 0 saturated heterocycles. The fourth-order valence-electron chi connectivity index (χ4n) is 6.68. The Labute approximate surface area is 319 Å². The lowest BCUT2D eigenvalue weighted by Gasteiger charge is -2.23. The number of aromatic nitrogens is 1. The maximum Gasteiger partial charge on any atom is 0.235 e. The lowest BCUT2D eigenvalue weighted by molar-refractivity contribution is 0.326. The van der Waals surface area contributed by atoms with E-state index in [1.165, 1.54) is 83.5 Å². The Morgan fingerprint density at radius 2 is 1.09 bits per heavy atom. The number of methoxy groups -OCH3 is 1. The van der Waals surface area contributed by atoms with Crippen LogP contribution in [0.25, 0.3) is 22.2 Å². The Kier molecular flexibility index (Phi) is 20.7. The largest absolute Gasteiger partial charge is 0.493 e. The fraction of sp³-hybridized carbons (Fsp3) is 0.500. The summed E-state index contributed by atoms with van der Waals surface area (Å²) >= 11 is 0. The van der Waals surface area contributed by atoms with Gasteiger partial charge in [0.25, 0.3) is 0 Å². The van der Waals surface area contributed by atoms with E-state index in [9.17, 15) is 4.79 Å². The number of hydrogen-bond acceptors (Lipinski definition) is 6. The lowest BCUT2D eigenvalue weighted by Crippen LogP contribution is -2.18. The first-order valence-corrected chi connectivity index (χ1v) is 19.9. The lowest BCUT2D eigenvalue weighted by atomic mass is 10.0. The van der Waals surface area contributed by atoms with Crippen molar-refractivity contribution in [1.82, 2.24) is 4.57 Å². The van der Waals surface area contributed by atoms with E-state index in [0.29, 0.717) is 59.4 Å². The van der Waals surface area contributed by atoms with Crippen molar-refractivity contribution in [3.63, 3.8) is 0 Å². The molecule has 0 bridgehead atoms. The van der Waals surface area contributed by atoms with Gasteiger partial charge in [0, 0.05) is 24.2 Å². The molecular formula is C46H65NO6. The van der Waals surface area contributed by atoms with Gasteiger partial charge < -0.3 is 28.3 Å². The summed E-state index contributed by atoms with van der Waals surface area (Å²) in [6.45, 7) is 19.2. The summed E-state index contributed by atoms with van der Waals surface area (Å²) in [7, 11) is 1.60. The number of pyridine rings is 1. The molecule has 7 heteroatoms. The maximum absolute atomic E-state index is 14.5. The molecule has 1 aromatic heterocycles. The Morgan fingerprint density at radius 1 is 0.585 bits per heavy atom. The Morgan fingerprint density at radius 3 is 1.64 bits per heavy atom.